The molecule has 0 unspecified atom stereocenters. The summed E-state index contributed by atoms with van der Waals surface area (Å²) in [5.41, 5.74) is 6.36. The van der Waals surface area contributed by atoms with Crippen molar-refractivity contribution in [3.05, 3.63) is 23.0 Å². The standard InChI is InChI=1S/C10H13ClFN3O/c1-14-10(16)2-3-15-9-4-6(11)7(12)5-8(9)13/h4-5,15H,2-3,13H2,1H3,(H,14,16). The zero-order valence-corrected chi connectivity index (χ0v) is 9.57. The molecule has 6 heteroatoms. The third-order valence-corrected chi connectivity index (χ3v) is 2.33. The van der Waals surface area contributed by atoms with E-state index in [9.17, 15) is 9.18 Å². The molecule has 0 atom stereocenters. The van der Waals surface area contributed by atoms with E-state index in [1.54, 1.807) is 7.05 Å². The van der Waals surface area contributed by atoms with Gasteiger partial charge < -0.3 is 16.4 Å². The number of carbonyl (C=O) groups is 1. The smallest absolute Gasteiger partial charge is 0.221 e. The van der Waals surface area contributed by atoms with Gasteiger partial charge >= 0.3 is 0 Å². The summed E-state index contributed by atoms with van der Waals surface area (Å²) in [5, 5.41) is 5.40. The Balaban J connectivity index is 2.60. The first-order valence-electron chi connectivity index (χ1n) is 4.73. The molecule has 1 aromatic carbocycles. The second kappa shape index (κ2) is 5.55. The fourth-order valence-electron chi connectivity index (χ4n) is 1.15. The summed E-state index contributed by atoms with van der Waals surface area (Å²) in [5.74, 6) is -0.643. The van der Waals surface area contributed by atoms with E-state index in [0.29, 0.717) is 18.7 Å². The number of halogens is 2. The SMILES string of the molecule is CNC(=O)CCNc1cc(Cl)c(F)cc1N. The van der Waals surface area contributed by atoms with Gasteiger partial charge in [-0.25, -0.2) is 4.39 Å². The Labute approximate surface area is 98.0 Å². The molecule has 0 saturated carbocycles. The van der Waals surface area contributed by atoms with Crippen molar-refractivity contribution in [2.75, 3.05) is 24.6 Å². The Morgan fingerprint density at radius 3 is 2.88 bits per heavy atom. The van der Waals surface area contributed by atoms with Crippen LogP contribution >= 0.6 is 11.6 Å². The van der Waals surface area contributed by atoms with Crippen molar-refractivity contribution in [1.29, 1.82) is 0 Å². The molecule has 0 aliphatic rings. The van der Waals surface area contributed by atoms with Crippen molar-refractivity contribution >= 4 is 28.9 Å². The molecular weight excluding hydrogens is 233 g/mol. The van der Waals surface area contributed by atoms with E-state index in [0.717, 1.165) is 6.07 Å². The van der Waals surface area contributed by atoms with Gasteiger partial charge in [0.1, 0.15) is 5.82 Å². The van der Waals surface area contributed by atoms with Crippen LogP contribution in [0.2, 0.25) is 5.02 Å². The molecule has 4 nitrogen and oxygen atoms in total. The van der Waals surface area contributed by atoms with Crippen molar-refractivity contribution in [2.24, 2.45) is 0 Å². The largest absolute Gasteiger partial charge is 0.397 e. The summed E-state index contributed by atoms with van der Waals surface area (Å²) in [4.78, 5) is 10.9. The highest BCUT2D eigenvalue weighted by molar-refractivity contribution is 6.31. The number of nitrogen functional groups attached to an aromatic ring is 1. The van der Waals surface area contributed by atoms with E-state index >= 15 is 0 Å². The van der Waals surface area contributed by atoms with Crippen LogP contribution < -0.4 is 16.4 Å². The zero-order chi connectivity index (χ0) is 12.1. The Kier molecular flexibility index (Phi) is 4.37. The summed E-state index contributed by atoms with van der Waals surface area (Å²) in [6, 6.07) is 2.54. The number of carbonyl (C=O) groups excluding carboxylic acids is 1. The van der Waals surface area contributed by atoms with Crippen LogP contribution in [0.15, 0.2) is 12.1 Å². The van der Waals surface area contributed by atoms with Crippen LogP contribution in [0.3, 0.4) is 0 Å². The highest BCUT2D eigenvalue weighted by Gasteiger charge is 2.06. The molecule has 88 valence electrons. The maximum atomic E-state index is 13.0. The topological polar surface area (TPSA) is 67.2 Å². The highest BCUT2D eigenvalue weighted by atomic mass is 35.5. The lowest BCUT2D eigenvalue weighted by Crippen LogP contribution is -2.21. The third kappa shape index (κ3) is 3.27. The average Bonchev–Trinajstić information content (AvgIpc) is 2.25. The lowest BCUT2D eigenvalue weighted by molar-refractivity contribution is -0.120. The molecule has 0 heterocycles. The van der Waals surface area contributed by atoms with Gasteiger partial charge in [0, 0.05) is 26.1 Å². The van der Waals surface area contributed by atoms with Gasteiger partial charge in [-0.1, -0.05) is 11.6 Å². The maximum Gasteiger partial charge on any atom is 0.221 e. The number of benzene rings is 1. The molecule has 0 radical (unpaired) electrons. The van der Waals surface area contributed by atoms with E-state index in [1.807, 2.05) is 0 Å². The van der Waals surface area contributed by atoms with Gasteiger partial charge in [0.2, 0.25) is 5.91 Å². The lowest BCUT2D eigenvalue weighted by atomic mass is 10.2. The van der Waals surface area contributed by atoms with E-state index in [1.165, 1.54) is 6.07 Å². The number of anilines is 2. The Hall–Kier alpha value is -1.49. The van der Waals surface area contributed by atoms with Crippen LogP contribution in [0.1, 0.15) is 6.42 Å². The zero-order valence-electron chi connectivity index (χ0n) is 8.81. The molecule has 1 aromatic rings. The van der Waals surface area contributed by atoms with E-state index in [2.05, 4.69) is 10.6 Å². The molecule has 16 heavy (non-hydrogen) atoms. The third-order valence-electron chi connectivity index (χ3n) is 2.04. The van der Waals surface area contributed by atoms with E-state index in [-0.39, 0.29) is 16.6 Å². The van der Waals surface area contributed by atoms with Crippen molar-refractivity contribution in [3.63, 3.8) is 0 Å². The number of hydrogen-bond acceptors (Lipinski definition) is 3. The lowest BCUT2D eigenvalue weighted by Gasteiger charge is -2.09. The van der Waals surface area contributed by atoms with Crippen molar-refractivity contribution < 1.29 is 9.18 Å². The van der Waals surface area contributed by atoms with Gasteiger partial charge in [-0.3, -0.25) is 4.79 Å². The number of nitrogens with one attached hydrogen (secondary N) is 2. The molecule has 0 aliphatic heterocycles. The first-order chi connectivity index (χ1) is 7.54. The average molecular weight is 246 g/mol. The van der Waals surface area contributed by atoms with Crippen molar-refractivity contribution in [1.82, 2.24) is 5.32 Å². The Morgan fingerprint density at radius 1 is 1.56 bits per heavy atom. The summed E-state index contributed by atoms with van der Waals surface area (Å²) in [6.07, 6.45) is 0.310. The van der Waals surface area contributed by atoms with Gasteiger partial charge in [0.15, 0.2) is 0 Å². The molecule has 0 aliphatic carbocycles. The summed E-state index contributed by atoms with van der Waals surface area (Å²) in [6.45, 7) is 0.409. The number of hydrogen-bond donors (Lipinski definition) is 3. The number of amides is 1. The first kappa shape index (κ1) is 12.6. The fourth-order valence-corrected chi connectivity index (χ4v) is 1.31. The minimum Gasteiger partial charge on any atom is -0.397 e. The predicted octanol–water partition coefficient (Wildman–Crippen LogP) is 1.61. The molecule has 0 saturated heterocycles. The normalized spacial score (nSPS) is 9.94. The van der Waals surface area contributed by atoms with E-state index in [4.69, 9.17) is 17.3 Å². The number of nitrogens with two attached hydrogens (primary N) is 1. The monoisotopic (exact) mass is 245 g/mol. The van der Waals surface area contributed by atoms with Gasteiger partial charge in [-0.05, 0) is 6.07 Å². The summed E-state index contributed by atoms with van der Waals surface area (Å²) in [7, 11) is 1.56. The second-order valence-corrected chi connectivity index (χ2v) is 3.61. The molecule has 0 bridgehead atoms. The molecule has 1 amide bonds. The van der Waals surface area contributed by atoms with Gasteiger partial charge in [0.25, 0.3) is 0 Å². The Bertz CT molecular complexity index is 398. The molecule has 0 spiro atoms. The van der Waals surface area contributed by atoms with Crippen LogP contribution in [0.4, 0.5) is 15.8 Å². The summed E-state index contributed by atoms with van der Waals surface area (Å²) < 4.78 is 13.0. The Morgan fingerprint density at radius 2 is 2.25 bits per heavy atom. The van der Waals surface area contributed by atoms with Crippen LogP contribution in [0, 0.1) is 5.82 Å². The predicted molar refractivity (Wildman–Crippen MR) is 63.0 cm³/mol. The summed E-state index contributed by atoms with van der Waals surface area (Å²) >= 11 is 5.60. The van der Waals surface area contributed by atoms with Gasteiger partial charge in [0.05, 0.1) is 16.4 Å². The number of rotatable bonds is 4. The molecule has 0 fully saturated rings. The van der Waals surface area contributed by atoms with Crippen molar-refractivity contribution in [3.8, 4) is 0 Å². The first-order valence-corrected chi connectivity index (χ1v) is 5.11. The van der Waals surface area contributed by atoms with Crippen LogP contribution in [-0.4, -0.2) is 19.5 Å². The highest BCUT2D eigenvalue weighted by Crippen LogP contribution is 2.25. The van der Waals surface area contributed by atoms with Crippen LogP contribution in [0.25, 0.3) is 0 Å². The molecule has 4 N–H and O–H groups in total. The van der Waals surface area contributed by atoms with Crippen molar-refractivity contribution in [2.45, 2.75) is 6.42 Å². The minimum atomic E-state index is -0.559. The molecule has 1 rings (SSSR count). The van der Waals surface area contributed by atoms with E-state index < -0.39 is 5.82 Å². The maximum absolute atomic E-state index is 13.0. The molecular formula is C10H13ClFN3O. The van der Waals surface area contributed by atoms with Crippen LogP contribution in [-0.2, 0) is 4.79 Å². The van der Waals surface area contributed by atoms with Crippen LogP contribution in [0.5, 0.6) is 0 Å². The fraction of sp³-hybridized carbons (Fsp3) is 0.300. The minimum absolute atomic E-state index is 0.00311. The quantitative estimate of drug-likeness (QED) is 0.706. The van der Waals surface area contributed by atoms with Gasteiger partial charge in [-0.2, -0.15) is 0 Å². The van der Waals surface area contributed by atoms with Gasteiger partial charge in [-0.15, -0.1) is 0 Å². The molecule has 0 aromatic heterocycles. The second-order valence-electron chi connectivity index (χ2n) is 3.20.